The molecule has 21 heavy (non-hydrogen) atoms. The molecule has 6 heteroatoms. The maximum Gasteiger partial charge on any atom is 0.152 e. The van der Waals surface area contributed by atoms with Crippen LogP contribution in [0.1, 0.15) is 25.7 Å². The van der Waals surface area contributed by atoms with E-state index in [2.05, 4.69) is 5.32 Å². The lowest BCUT2D eigenvalue weighted by Gasteiger charge is -2.43. The first kappa shape index (κ1) is 14.7. The van der Waals surface area contributed by atoms with Crippen molar-refractivity contribution in [3.05, 3.63) is 29.6 Å². The smallest absolute Gasteiger partial charge is 0.152 e. The van der Waals surface area contributed by atoms with Gasteiger partial charge in [-0.3, -0.25) is 0 Å². The SMILES string of the molecule is Fc1cc(F)c(NC2CCOC3(CCOCC3)C2)c(F)c1. The van der Waals surface area contributed by atoms with Gasteiger partial charge in [0, 0.05) is 38.0 Å². The van der Waals surface area contributed by atoms with Crippen LogP contribution in [0.15, 0.2) is 12.1 Å². The number of benzene rings is 1. The summed E-state index contributed by atoms with van der Waals surface area (Å²) in [7, 11) is 0. The fourth-order valence-electron chi connectivity index (χ4n) is 3.13. The predicted octanol–water partition coefficient (Wildman–Crippen LogP) is 3.24. The maximum atomic E-state index is 13.7. The quantitative estimate of drug-likeness (QED) is 0.909. The van der Waals surface area contributed by atoms with Crippen molar-refractivity contribution in [1.82, 2.24) is 0 Å². The van der Waals surface area contributed by atoms with Crippen LogP contribution in [-0.2, 0) is 9.47 Å². The lowest BCUT2D eigenvalue weighted by atomic mass is 9.84. The van der Waals surface area contributed by atoms with E-state index in [0.717, 1.165) is 12.8 Å². The molecule has 2 aliphatic rings. The number of nitrogens with one attached hydrogen (secondary N) is 1. The van der Waals surface area contributed by atoms with Crippen molar-refractivity contribution in [3.8, 4) is 0 Å². The molecule has 116 valence electrons. The van der Waals surface area contributed by atoms with Crippen LogP contribution in [0, 0.1) is 17.5 Å². The summed E-state index contributed by atoms with van der Waals surface area (Å²) in [5.41, 5.74) is -0.522. The molecule has 2 heterocycles. The Labute approximate surface area is 121 Å². The Morgan fingerprint density at radius 2 is 1.71 bits per heavy atom. The molecule has 1 spiro atoms. The monoisotopic (exact) mass is 301 g/mol. The molecule has 0 aromatic heterocycles. The molecule has 1 aromatic carbocycles. The molecule has 1 atom stereocenters. The fraction of sp³-hybridized carbons (Fsp3) is 0.600. The predicted molar refractivity (Wildman–Crippen MR) is 71.7 cm³/mol. The Morgan fingerprint density at radius 3 is 2.38 bits per heavy atom. The van der Waals surface area contributed by atoms with E-state index >= 15 is 0 Å². The van der Waals surface area contributed by atoms with Crippen LogP contribution in [0.2, 0.25) is 0 Å². The number of rotatable bonds is 2. The fourth-order valence-corrected chi connectivity index (χ4v) is 3.13. The van der Waals surface area contributed by atoms with Gasteiger partial charge < -0.3 is 14.8 Å². The van der Waals surface area contributed by atoms with Crippen molar-refractivity contribution < 1.29 is 22.6 Å². The zero-order valence-electron chi connectivity index (χ0n) is 11.6. The van der Waals surface area contributed by atoms with Crippen LogP contribution in [-0.4, -0.2) is 31.5 Å². The first-order valence-corrected chi connectivity index (χ1v) is 7.21. The molecule has 1 unspecified atom stereocenters. The Bertz CT molecular complexity index is 489. The number of ether oxygens (including phenoxy) is 2. The highest BCUT2D eigenvalue weighted by molar-refractivity contribution is 5.47. The zero-order valence-corrected chi connectivity index (χ0v) is 11.6. The minimum absolute atomic E-state index is 0.0914. The third-order valence-electron chi connectivity index (χ3n) is 4.25. The van der Waals surface area contributed by atoms with E-state index in [1.165, 1.54) is 0 Å². The van der Waals surface area contributed by atoms with Crippen molar-refractivity contribution in [2.75, 3.05) is 25.1 Å². The van der Waals surface area contributed by atoms with Gasteiger partial charge in [0.2, 0.25) is 0 Å². The normalized spacial score (nSPS) is 25.0. The summed E-state index contributed by atoms with van der Waals surface area (Å²) in [6.07, 6.45) is 2.92. The van der Waals surface area contributed by atoms with E-state index < -0.39 is 17.5 Å². The highest BCUT2D eigenvalue weighted by atomic mass is 19.1. The molecule has 0 aliphatic carbocycles. The van der Waals surface area contributed by atoms with Gasteiger partial charge >= 0.3 is 0 Å². The van der Waals surface area contributed by atoms with E-state index in [1.807, 2.05) is 0 Å². The van der Waals surface area contributed by atoms with E-state index in [1.54, 1.807) is 0 Å². The van der Waals surface area contributed by atoms with Gasteiger partial charge in [-0.25, -0.2) is 13.2 Å². The second-order valence-electron chi connectivity index (χ2n) is 5.72. The van der Waals surface area contributed by atoms with Crippen molar-refractivity contribution in [2.24, 2.45) is 0 Å². The summed E-state index contributed by atoms with van der Waals surface area (Å²) in [5.74, 6) is -2.72. The van der Waals surface area contributed by atoms with E-state index in [0.29, 0.717) is 44.8 Å². The van der Waals surface area contributed by atoms with Gasteiger partial charge in [-0.05, 0) is 25.7 Å². The largest absolute Gasteiger partial charge is 0.381 e. The summed E-state index contributed by atoms with van der Waals surface area (Å²) in [6, 6.07) is 1.29. The Kier molecular flexibility index (Phi) is 4.08. The summed E-state index contributed by atoms with van der Waals surface area (Å²) in [5, 5.41) is 2.88. The summed E-state index contributed by atoms with van der Waals surface area (Å²) >= 11 is 0. The lowest BCUT2D eigenvalue weighted by Crippen LogP contribution is -2.48. The van der Waals surface area contributed by atoms with Gasteiger partial charge in [0.1, 0.15) is 11.5 Å². The lowest BCUT2D eigenvalue weighted by molar-refractivity contribution is -0.135. The molecule has 3 nitrogen and oxygen atoms in total. The first-order chi connectivity index (χ1) is 10.1. The van der Waals surface area contributed by atoms with Crippen molar-refractivity contribution in [1.29, 1.82) is 0 Å². The standard InChI is InChI=1S/C15H18F3NO2/c16-10-7-12(17)14(13(18)8-10)19-11-1-4-21-15(9-11)2-5-20-6-3-15/h7-8,11,19H,1-6,9H2. The highest BCUT2D eigenvalue weighted by Crippen LogP contribution is 2.36. The molecule has 0 saturated carbocycles. The molecule has 0 amide bonds. The van der Waals surface area contributed by atoms with Gasteiger partial charge in [-0.15, -0.1) is 0 Å². The Morgan fingerprint density at radius 1 is 1.05 bits per heavy atom. The molecule has 1 aromatic rings. The van der Waals surface area contributed by atoms with Gasteiger partial charge in [0.15, 0.2) is 11.6 Å². The van der Waals surface area contributed by atoms with E-state index in [4.69, 9.17) is 9.47 Å². The number of halogens is 3. The van der Waals surface area contributed by atoms with E-state index in [-0.39, 0.29) is 17.3 Å². The van der Waals surface area contributed by atoms with Crippen LogP contribution >= 0.6 is 0 Å². The molecule has 2 aliphatic heterocycles. The zero-order chi connectivity index (χ0) is 14.9. The third kappa shape index (κ3) is 3.16. The Balaban J connectivity index is 1.73. The molecular formula is C15H18F3NO2. The van der Waals surface area contributed by atoms with Gasteiger partial charge in [-0.2, -0.15) is 0 Å². The van der Waals surface area contributed by atoms with Crippen LogP contribution in [0.4, 0.5) is 18.9 Å². The molecule has 0 bridgehead atoms. The summed E-state index contributed by atoms with van der Waals surface area (Å²) < 4.78 is 51.6. The van der Waals surface area contributed by atoms with E-state index in [9.17, 15) is 13.2 Å². The molecule has 3 rings (SSSR count). The average Bonchev–Trinajstić information content (AvgIpc) is 2.44. The minimum atomic E-state index is -0.913. The molecule has 0 radical (unpaired) electrons. The van der Waals surface area contributed by atoms with Gasteiger partial charge in [0.05, 0.1) is 5.60 Å². The van der Waals surface area contributed by atoms with Crippen molar-refractivity contribution in [2.45, 2.75) is 37.3 Å². The third-order valence-corrected chi connectivity index (χ3v) is 4.25. The van der Waals surface area contributed by atoms with Crippen molar-refractivity contribution >= 4 is 5.69 Å². The van der Waals surface area contributed by atoms with Crippen molar-refractivity contribution in [3.63, 3.8) is 0 Å². The average molecular weight is 301 g/mol. The second-order valence-corrected chi connectivity index (χ2v) is 5.72. The van der Waals surface area contributed by atoms with Crippen LogP contribution in [0.3, 0.4) is 0 Å². The maximum absolute atomic E-state index is 13.7. The highest BCUT2D eigenvalue weighted by Gasteiger charge is 2.39. The van der Waals surface area contributed by atoms with Gasteiger partial charge in [-0.1, -0.05) is 0 Å². The number of anilines is 1. The van der Waals surface area contributed by atoms with Crippen LogP contribution in [0.25, 0.3) is 0 Å². The van der Waals surface area contributed by atoms with Crippen LogP contribution < -0.4 is 5.32 Å². The first-order valence-electron chi connectivity index (χ1n) is 7.21. The minimum Gasteiger partial charge on any atom is -0.381 e. The topological polar surface area (TPSA) is 30.5 Å². The second kappa shape index (κ2) is 5.85. The Hall–Kier alpha value is -1.27. The number of hydrogen-bond donors (Lipinski definition) is 1. The molecule has 2 fully saturated rings. The number of hydrogen-bond acceptors (Lipinski definition) is 3. The molecule has 2 saturated heterocycles. The molecular weight excluding hydrogens is 283 g/mol. The van der Waals surface area contributed by atoms with Gasteiger partial charge in [0.25, 0.3) is 0 Å². The summed E-state index contributed by atoms with van der Waals surface area (Å²) in [4.78, 5) is 0. The summed E-state index contributed by atoms with van der Waals surface area (Å²) in [6.45, 7) is 1.83. The van der Waals surface area contributed by atoms with Crippen LogP contribution in [0.5, 0.6) is 0 Å². The molecule has 1 N–H and O–H groups in total.